The average molecular weight is 481 g/mol. The van der Waals surface area contributed by atoms with Gasteiger partial charge in [0.1, 0.15) is 11.5 Å². The van der Waals surface area contributed by atoms with Crippen LogP contribution in [0.4, 0.5) is 5.69 Å². The number of carbonyl (C=O) groups excluding carboxylic acids is 1. The number of ether oxygens (including phenoxy) is 1. The van der Waals surface area contributed by atoms with Gasteiger partial charge in [-0.2, -0.15) is 0 Å². The average Bonchev–Trinajstić information content (AvgIpc) is 3.48. The Morgan fingerprint density at radius 2 is 1.92 bits per heavy atom. The maximum absolute atomic E-state index is 13.3. The van der Waals surface area contributed by atoms with Crippen molar-refractivity contribution >= 4 is 11.6 Å². The van der Waals surface area contributed by atoms with Gasteiger partial charge < -0.3 is 14.6 Å². The zero-order valence-electron chi connectivity index (χ0n) is 21.1. The third-order valence-electron chi connectivity index (χ3n) is 6.58. The van der Waals surface area contributed by atoms with Crippen LogP contribution in [0.1, 0.15) is 40.5 Å². The van der Waals surface area contributed by atoms with E-state index in [1.54, 1.807) is 6.07 Å². The van der Waals surface area contributed by atoms with E-state index in [1.165, 1.54) is 12.0 Å². The molecule has 0 radical (unpaired) electrons. The first kappa shape index (κ1) is 23.8. The highest BCUT2D eigenvalue weighted by molar-refractivity contribution is 6.04. The molecule has 3 aromatic carbocycles. The maximum atomic E-state index is 13.3. The van der Waals surface area contributed by atoms with Crippen LogP contribution in [0, 0.1) is 19.8 Å². The zero-order valence-corrected chi connectivity index (χ0v) is 21.1. The maximum Gasteiger partial charge on any atom is 0.255 e. The van der Waals surface area contributed by atoms with Crippen molar-refractivity contribution in [3.63, 3.8) is 0 Å². The monoisotopic (exact) mass is 480 g/mol. The van der Waals surface area contributed by atoms with E-state index in [0.717, 1.165) is 53.9 Å². The minimum atomic E-state index is -0.174. The predicted octanol–water partition coefficient (Wildman–Crippen LogP) is 6.38. The largest absolute Gasteiger partial charge is 0.457 e. The van der Waals surface area contributed by atoms with Crippen LogP contribution in [0.15, 0.2) is 79.3 Å². The smallest absolute Gasteiger partial charge is 0.255 e. The SMILES string of the molecule is Cc1cn(-c2cc(CN3CC[C@H](C)C3)cc(NC(=O)c3ccc(C)c(Oc4ccccc4)c3)c2)cn1. The Morgan fingerprint density at radius 1 is 1.08 bits per heavy atom. The molecule has 1 aromatic heterocycles. The number of aromatic nitrogens is 2. The van der Waals surface area contributed by atoms with E-state index < -0.39 is 0 Å². The fraction of sp³-hybridized carbons (Fsp3) is 0.267. The Labute approximate surface area is 212 Å². The number of imidazole rings is 1. The van der Waals surface area contributed by atoms with Crippen LogP contribution in [0.25, 0.3) is 5.69 Å². The molecule has 1 aliphatic rings. The van der Waals surface area contributed by atoms with Gasteiger partial charge in [0.2, 0.25) is 0 Å². The molecule has 0 unspecified atom stereocenters. The van der Waals surface area contributed by atoms with Gasteiger partial charge in [-0.05, 0) is 86.3 Å². The summed E-state index contributed by atoms with van der Waals surface area (Å²) in [7, 11) is 0. The van der Waals surface area contributed by atoms with Crippen LogP contribution in [-0.4, -0.2) is 33.4 Å². The number of carbonyl (C=O) groups is 1. The van der Waals surface area contributed by atoms with Gasteiger partial charge in [-0.15, -0.1) is 0 Å². The number of para-hydroxylation sites is 1. The number of nitrogens with one attached hydrogen (secondary N) is 1. The van der Waals surface area contributed by atoms with Crippen LogP contribution in [0.2, 0.25) is 0 Å². The molecule has 4 aromatic rings. The van der Waals surface area contributed by atoms with Crippen molar-refractivity contribution in [2.45, 2.75) is 33.7 Å². The quantitative estimate of drug-likeness (QED) is 0.334. The number of rotatable bonds is 7. The highest BCUT2D eigenvalue weighted by atomic mass is 16.5. The molecule has 0 bridgehead atoms. The van der Waals surface area contributed by atoms with Crippen LogP contribution in [0.5, 0.6) is 11.5 Å². The molecular formula is C30H32N4O2. The molecule has 0 aliphatic carbocycles. The summed E-state index contributed by atoms with van der Waals surface area (Å²) in [6, 6.07) is 21.4. The standard InChI is InChI=1S/C30H32N4O2/c1-21-11-12-33(17-21)19-24-13-26(16-27(14-24)34-18-23(3)31-20-34)32-30(35)25-10-9-22(2)29(15-25)36-28-7-5-4-6-8-28/h4-10,13-16,18,20-21H,11-12,17,19H2,1-3H3,(H,32,35)/t21-/m0/s1. The van der Waals surface area contributed by atoms with E-state index in [2.05, 4.69) is 34.3 Å². The fourth-order valence-electron chi connectivity index (χ4n) is 4.65. The van der Waals surface area contributed by atoms with E-state index in [4.69, 9.17) is 4.74 Å². The first-order chi connectivity index (χ1) is 17.4. The first-order valence-corrected chi connectivity index (χ1v) is 12.4. The second kappa shape index (κ2) is 10.4. The number of nitrogens with zero attached hydrogens (tertiary/aromatic N) is 3. The summed E-state index contributed by atoms with van der Waals surface area (Å²) in [5, 5.41) is 3.11. The number of benzene rings is 3. The number of amides is 1. The Kier molecular flexibility index (Phi) is 6.87. The lowest BCUT2D eigenvalue weighted by atomic mass is 10.1. The third kappa shape index (κ3) is 5.66. The zero-order chi connectivity index (χ0) is 25.1. The van der Waals surface area contributed by atoms with Gasteiger partial charge in [-0.3, -0.25) is 9.69 Å². The molecule has 6 heteroatoms. The highest BCUT2D eigenvalue weighted by Crippen LogP contribution is 2.27. The van der Waals surface area contributed by atoms with Crippen molar-refractivity contribution in [1.82, 2.24) is 14.5 Å². The van der Waals surface area contributed by atoms with Gasteiger partial charge in [0.05, 0.1) is 12.0 Å². The normalized spacial score (nSPS) is 15.7. The summed E-state index contributed by atoms with van der Waals surface area (Å²) < 4.78 is 8.03. The highest BCUT2D eigenvalue weighted by Gasteiger charge is 2.19. The Balaban J connectivity index is 1.40. The molecule has 184 valence electrons. The molecule has 5 rings (SSSR count). The molecule has 1 saturated heterocycles. The molecule has 0 spiro atoms. The summed E-state index contributed by atoms with van der Waals surface area (Å²) in [5.74, 6) is 1.95. The van der Waals surface area contributed by atoms with Gasteiger partial charge in [-0.1, -0.05) is 31.2 Å². The molecule has 1 N–H and O–H groups in total. The minimum absolute atomic E-state index is 0.174. The molecule has 0 saturated carbocycles. The summed E-state index contributed by atoms with van der Waals surface area (Å²) in [6.45, 7) is 9.31. The Bertz CT molecular complexity index is 1360. The fourth-order valence-corrected chi connectivity index (χ4v) is 4.65. The molecular weight excluding hydrogens is 448 g/mol. The van der Waals surface area contributed by atoms with Crippen LogP contribution >= 0.6 is 0 Å². The summed E-state index contributed by atoms with van der Waals surface area (Å²) in [6.07, 6.45) is 5.03. The lowest BCUT2D eigenvalue weighted by Gasteiger charge is -2.18. The predicted molar refractivity (Wildman–Crippen MR) is 143 cm³/mol. The van der Waals surface area contributed by atoms with Crippen molar-refractivity contribution in [3.8, 4) is 17.2 Å². The Morgan fingerprint density at radius 3 is 2.64 bits per heavy atom. The van der Waals surface area contributed by atoms with Gasteiger partial charge in [0.25, 0.3) is 5.91 Å². The van der Waals surface area contributed by atoms with E-state index >= 15 is 0 Å². The van der Waals surface area contributed by atoms with E-state index in [1.807, 2.05) is 79.5 Å². The molecule has 6 nitrogen and oxygen atoms in total. The van der Waals surface area contributed by atoms with Gasteiger partial charge >= 0.3 is 0 Å². The second-order valence-electron chi connectivity index (χ2n) is 9.79. The number of anilines is 1. The lowest BCUT2D eigenvalue weighted by molar-refractivity contribution is 0.102. The van der Waals surface area contributed by atoms with Gasteiger partial charge in [0.15, 0.2) is 0 Å². The van der Waals surface area contributed by atoms with E-state index in [-0.39, 0.29) is 5.91 Å². The molecule has 1 fully saturated rings. The van der Waals surface area contributed by atoms with Crippen LogP contribution < -0.4 is 10.1 Å². The van der Waals surface area contributed by atoms with Gasteiger partial charge in [-0.25, -0.2) is 4.98 Å². The number of aryl methyl sites for hydroxylation is 2. The van der Waals surface area contributed by atoms with E-state index in [9.17, 15) is 4.79 Å². The number of likely N-dealkylation sites (tertiary alicyclic amines) is 1. The first-order valence-electron chi connectivity index (χ1n) is 12.4. The molecule has 2 heterocycles. The molecule has 1 amide bonds. The summed E-state index contributed by atoms with van der Waals surface area (Å²) in [4.78, 5) is 20.1. The minimum Gasteiger partial charge on any atom is -0.457 e. The molecule has 1 atom stereocenters. The van der Waals surface area contributed by atoms with Gasteiger partial charge in [0, 0.05) is 36.2 Å². The van der Waals surface area contributed by atoms with Crippen molar-refractivity contribution in [2.24, 2.45) is 5.92 Å². The van der Waals surface area contributed by atoms with Crippen molar-refractivity contribution in [2.75, 3.05) is 18.4 Å². The topological polar surface area (TPSA) is 59.4 Å². The van der Waals surface area contributed by atoms with E-state index in [0.29, 0.717) is 11.3 Å². The Hall–Kier alpha value is -3.90. The second-order valence-corrected chi connectivity index (χ2v) is 9.79. The summed E-state index contributed by atoms with van der Waals surface area (Å²) >= 11 is 0. The van der Waals surface area contributed by atoms with Crippen molar-refractivity contribution < 1.29 is 9.53 Å². The number of hydrogen-bond donors (Lipinski definition) is 1. The van der Waals surface area contributed by atoms with Crippen LogP contribution in [-0.2, 0) is 6.54 Å². The lowest BCUT2D eigenvalue weighted by Crippen LogP contribution is -2.20. The number of hydrogen-bond acceptors (Lipinski definition) is 4. The van der Waals surface area contributed by atoms with Crippen LogP contribution in [0.3, 0.4) is 0 Å². The summed E-state index contributed by atoms with van der Waals surface area (Å²) in [5.41, 5.74) is 5.37. The van der Waals surface area contributed by atoms with Crippen molar-refractivity contribution in [1.29, 1.82) is 0 Å². The molecule has 36 heavy (non-hydrogen) atoms. The molecule has 1 aliphatic heterocycles. The third-order valence-corrected chi connectivity index (χ3v) is 6.58. The van der Waals surface area contributed by atoms with Crippen molar-refractivity contribution in [3.05, 3.63) is 102 Å².